The number of carbonyl (C=O) groups is 2. The van der Waals surface area contributed by atoms with Crippen molar-refractivity contribution < 1.29 is 41.0 Å². The zero-order valence-corrected chi connectivity index (χ0v) is 23.5. The van der Waals surface area contributed by atoms with Crippen LogP contribution in [0.4, 0.5) is 45.0 Å². The number of carbonyl (C=O) groups excluding carboxylic acids is 2. The van der Waals surface area contributed by atoms with Crippen LogP contribution in [0.3, 0.4) is 0 Å². The zero-order chi connectivity index (χ0) is 32.2. The first-order valence-electron chi connectivity index (χ1n) is 12.8. The number of amides is 1. The van der Waals surface area contributed by atoms with Crippen LogP contribution in [0.1, 0.15) is 27.9 Å². The molecule has 0 saturated heterocycles. The summed E-state index contributed by atoms with van der Waals surface area (Å²) < 4.78 is 79.0. The third-order valence-corrected chi connectivity index (χ3v) is 6.30. The summed E-state index contributed by atoms with van der Waals surface area (Å²) in [5.41, 5.74) is -0.0621. The number of benzene rings is 2. The lowest BCUT2D eigenvalue weighted by Crippen LogP contribution is -2.17. The quantitative estimate of drug-likeness (QED) is 0.104. The first-order valence-corrected chi connectivity index (χ1v) is 12.8. The van der Waals surface area contributed by atoms with Gasteiger partial charge in [-0.15, -0.1) is 0 Å². The number of aromatic nitrogens is 3. The number of methoxy groups -OCH3 is 2. The van der Waals surface area contributed by atoms with E-state index in [1.807, 2.05) is 0 Å². The number of ether oxygens (including phenoxy) is 2. The van der Waals surface area contributed by atoms with E-state index < -0.39 is 59.5 Å². The van der Waals surface area contributed by atoms with Gasteiger partial charge < -0.3 is 25.4 Å². The van der Waals surface area contributed by atoms with Crippen LogP contribution < -0.4 is 25.4 Å². The molecule has 10 nitrogen and oxygen atoms in total. The number of alkyl halides is 3. The minimum absolute atomic E-state index is 0.0239. The number of hydrogen-bond donors (Lipinski definition) is 3. The minimum Gasteiger partial charge on any atom is -0.494 e. The Morgan fingerprint density at radius 2 is 1.68 bits per heavy atom. The summed E-state index contributed by atoms with van der Waals surface area (Å²) in [7, 11) is 2.22. The Labute approximate surface area is 247 Å². The lowest BCUT2D eigenvalue weighted by Gasteiger charge is -2.17. The molecule has 44 heavy (non-hydrogen) atoms. The average Bonchev–Trinajstić information content (AvgIpc) is 2.98. The van der Waals surface area contributed by atoms with E-state index in [-0.39, 0.29) is 28.1 Å². The van der Waals surface area contributed by atoms with Gasteiger partial charge in [-0.2, -0.15) is 13.2 Å². The van der Waals surface area contributed by atoms with Crippen LogP contribution >= 0.6 is 0 Å². The molecule has 4 rings (SSSR count). The van der Waals surface area contributed by atoms with Gasteiger partial charge in [0.1, 0.15) is 5.56 Å². The Balaban J connectivity index is 1.81. The van der Waals surface area contributed by atoms with Crippen LogP contribution in [0.25, 0.3) is 10.9 Å². The molecule has 0 unspecified atom stereocenters. The highest BCUT2D eigenvalue weighted by Gasteiger charge is 2.30. The summed E-state index contributed by atoms with van der Waals surface area (Å²) in [5.74, 6) is -5.25. The number of nitrogens with one attached hydrogen (secondary N) is 3. The Morgan fingerprint density at radius 1 is 1.00 bits per heavy atom. The molecule has 0 aliphatic rings. The number of nitrogens with zero attached hydrogens (tertiary/aromatic N) is 3. The fourth-order valence-electron chi connectivity index (χ4n) is 4.15. The van der Waals surface area contributed by atoms with Crippen LogP contribution in [0, 0.1) is 18.6 Å². The Bertz CT molecular complexity index is 1740. The largest absolute Gasteiger partial charge is 0.494 e. The monoisotopic (exact) mass is 616 g/mol. The number of ketones is 1. The second-order valence-corrected chi connectivity index (χ2v) is 9.25. The van der Waals surface area contributed by atoms with Gasteiger partial charge in [0.2, 0.25) is 17.6 Å². The summed E-state index contributed by atoms with van der Waals surface area (Å²) in [6, 6.07) is 3.39. The van der Waals surface area contributed by atoms with E-state index >= 15 is 8.78 Å². The van der Waals surface area contributed by atoms with E-state index in [4.69, 9.17) is 9.47 Å². The molecule has 0 aliphatic carbocycles. The maximum absolute atomic E-state index is 15.2. The summed E-state index contributed by atoms with van der Waals surface area (Å²) in [6.45, 7) is 4.47. The predicted octanol–water partition coefficient (Wildman–Crippen LogP) is 6.09. The van der Waals surface area contributed by atoms with Gasteiger partial charge in [-0.1, -0.05) is 6.58 Å². The van der Waals surface area contributed by atoms with Crippen molar-refractivity contribution in [2.24, 2.45) is 0 Å². The van der Waals surface area contributed by atoms with Crippen LogP contribution in [0.5, 0.6) is 11.5 Å². The molecule has 0 aliphatic heterocycles. The molecule has 0 spiro atoms. The van der Waals surface area contributed by atoms with Gasteiger partial charge in [-0.05, 0) is 30.7 Å². The number of halogens is 5. The van der Waals surface area contributed by atoms with Crippen molar-refractivity contribution in [2.45, 2.75) is 19.5 Å². The number of hydrogen-bond acceptors (Lipinski definition) is 9. The molecule has 0 bridgehead atoms. The number of anilines is 4. The van der Waals surface area contributed by atoms with E-state index in [0.717, 1.165) is 26.4 Å². The topological polar surface area (TPSA) is 127 Å². The summed E-state index contributed by atoms with van der Waals surface area (Å²) in [6.07, 6.45) is -0.482. The number of rotatable bonds is 11. The van der Waals surface area contributed by atoms with Gasteiger partial charge in [0.15, 0.2) is 23.1 Å². The molecule has 4 aromatic rings. The van der Waals surface area contributed by atoms with Gasteiger partial charge in [0.25, 0.3) is 0 Å². The third-order valence-electron chi connectivity index (χ3n) is 6.30. The van der Waals surface area contributed by atoms with Crippen LogP contribution in [-0.2, 0) is 4.79 Å². The van der Waals surface area contributed by atoms with Gasteiger partial charge in [0.05, 0.1) is 43.7 Å². The van der Waals surface area contributed by atoms with Crippen molar-refractivity contribution >= 4 is 45.6 Å². The summed E-state index contributed by atoms with van der Waals surface area (Å²) >= 11 is 0. The fraction of sp³-hybridized carbons (Fsp3) is 0.207. The molecule has 2 aromatic carbocycles. The van der Waals surface area contributed by atoms with Gasteiger partial charge in [-0.3, -0.25) is 14.6 Å². The molecule has 0 atom stereocenters. The average molecular weight is 617 g/mol. The standard InChI is InChI=1S/C29H25F5N6O4/c1-5-22(41)38-19-13-35-11-14(2)26(19)40-28-37-12-15-8-16(18(9-17(15)39-28)36-7-6-29(32,33)34)27(42)23-24(30)20(43-3)10-21(44-4)25(23)31/h5,8-13,36H,1,6-7H2,2-4H3,(H,38,41)(H,35,37,39,40). The zero-order valence-electron chi connectivity index (χ0n) is 23.5. The Hall–Kier alpha value is -5.34. The van der Waals surface area contributed by atoms with Crippen molar-refractivity contribution in [3.8, 4) is 11.5 Å². The lowest BCUT2D eigenvalue weighted by atomic mass is 9.98. The van der Waals surface area contributed by atoms with E-state index in [0.29, 0.717) is 16.9 Å². The van der Waals surface area contributed by atoms with E-state index in [1.54, 1.807) is 6.92 Å². The molecular formula is C29H25F5N6O4. The first kappa shape index (κ1) is 31.6. The number of pyridine rings is 1. The van der Waals surface area contributed by atoms with E-state index in [9.17, 15) is 22.8 Å². The molecule has 1 amide bonds. The van der Waals surface area contributed by atoms with Crippen molar-refractivity contribution in [3.05, 3.63) is 77.8 Å². The van der Waals surface area contributed by atoms with Gasteiger partial charge in [-0.25, -0.2) is 18.7 Å². The lowest BCUT2D eigenvalue weighted by molar-refractivity contribution is -0.131. The highest BCUT2D eigenvalue weighted by atomic mass is 19.4. The highest BCUT2D eigenvalue weighted by Crippen LogP contribution is 2.35. The summed E-state index contributed by atoms with van der Waals surface area (Å²) in [5, 5.41) is 8.34. The fourth-order valence-corrected chi connectivity index (χ4v) is 4.15. The number of aryl methyl sites for hydroxylation is 1. The summed E-state index contributed by atoms with van der Waals surface area (Å²) in [4.78, 5) is 38.1. The minimum atomic E-state index is -4.52. The van der Waals surface area contributed by atoms with Crippen molar-refractivity contribution in [3.63, 3.8) is 0 Å². The molecule has 2 aromatic heterocycles. The van der Waals surface area contributed by atoms with E-state index in [2.05, 4.69) is 37.5 Å². The van der Waals surface area contributed by atoms with Gasteiger partial charge in [0, 0.05) is 41.6 Å². The molecular weight excluding hydrogens is 591 g/mol. The van der Waals surface area contributed by atoms with Crippen LogP contribution in [0.15, 0.2) is 49.4 Å². The van der Waals surface area contributed by atoms with E-state index in [1.165, 1.54) is 30.7 Å². The molecule has 3 N–H and O–H groups in total. The highest BCUT2D eigenvalue weighted by molar-refractivity contribution is 6.15. The molecule has 2 heterocycles. The Morgan fingerprint density at radius 3 is 2.30 bits per heavy atom. The van der Waals surface area contributed by atoms with Gasteiger partial charge >= 0.3 is 6.18 Å². The molecule has 15 heteroatoms. The maximum Gasteiger partial charge on any atom is 0.390 e. The molecule has 0 fully saturated rings. The molecule has 0 saturated carbocycles. The van der Waals surface area contributed by atoms with Crippen LogP contribution in [0.2, 0.25) is 0 Å². The smallest absolute Gasteiger partial charge is 0.390 e. The SMILES string of the molecule is C=CC(=O)Nc1cncc(C)c1Nc1ncc2cc(C(=O)c3c(F)c(OC)cc(OC)c3F)c(NCCC(F)(F)F)cc2n1. The maximum atomic E-state index is 15.2. The predicted molar refractivity (Wildman–Crippen MR) is 153 cm³/mol. The van der Waals surface area contributed by atoms with Crippen LogP contribution in [-0.4, -0.2) is 53.6 Å². The van der Waals surface area contributed by atoms with Crippen molar-refractivity contribution in [1.82, 2.24) is 15.0 Å². The normalized spacial score (nSPS) is 11.2. The number of fused-ring (bicyclic) bond motifs is 1. The second-order valence-electron chi connectivity index (χ2n) is 9.25. The third kappa shape index (κ3) is 6.82. The Kier molecular flexibility index (Phi) is 9.26. The first-order chi connectivity index (χ1) is 20.9. The van der Waals surface area contributed by atoms with Crippen molar-refractivity contribution in [1.29, 1.82) is 0 Å². The van der Waals surface area contributed by atoms with Crippen molar-refractivity contribution in [2.75, 3.05) is 36.7 Å². The second kappa shape index (κ2) is 12.9. The molecule has 230 valence electrons. The molecule has 0 radical (unpaired) electrons.